The van der Waals surface area contributed by atoms with Crippen molar-refractivity contribution < 1.29 is 14.0 Å². The lowest BCUT2D eigenvalue weighted by atomic mass is 10.2. The van der Waals surface area contributed by atoms with E-state index in [1.165, 1.54) is 18.3 Å². The minimum atomic E-state index is -0.467. The molecule has 0 unspecified atom stereocenters. The van der Waals surface area contributed by atoms with Crippen LogP contribution < -0.4 is 11.0 Å². The third kappa shape index (κ3) is 3.47. The molecule has 1 aromatic heterocycles. The first-order valence-corrected chi connectivity index (χ1v) is 7.12. The number of hydrogen-bond donors (Lipinski definition) is 3. The van der Waals surface area contributed by atoms with Crippen molar-refractivity contribution in [1.29, 1.82) is 0 Å². The molecule has 8 heteroatoms. The van der Waals surface area contributed by atoms with Gasteiger partial charge in [-0.3, -0.25) is 9.59 Å². The minimum Gasteiger partial charge on any atom is -0.346 e. The fourth-order valence-electron chi connectivity index (χ4n) is 2.60. The van der Waals surface area contributed by atoms with Crippen LogP contribution >= 0.6 is 0 Å². The number of likely N-dealkylation sites (tertiary alicyclic amines) is 1. The summed E-state index contributed by atoms with van der Waals surface area (Å²) in [6.07, 6.45) is 1.45. The molecule has 1 atom stereocenters. The van der Waals surface area contributed by atoms with Gasteiger partial charge in [0.05, 0.1) is 6.04 Å². The highest BCUT2D eigenvalue weighted by Crippen LogP contribution is 2.16. The number of imidazole rings is 1. The second kappa shape index (κ2) is 6.07. The van der Waals surface area contributed by atoms with E-state index in [-0.39, 0.29) is 29.9 Å². The molecule has 7 nitrogen and oxygen atoms in total. The lowest BCUT2D eigenvalue weighted by Gasteiger charge is -2.17. The summed E-state index contributed by atoms with van der Waals surface area (Å²) in [6, 6.07) is 5.71. The first-order chi connectivity index (χ1) is 11.0. The van der Waals surface area contributed by atoms with Crippen LogP contribution in [0.1, 0.15) is 22.5 Å². The van der Waals surface area contributed by atoms with Gasteiger partial charge < -0.3 is 20.2 Å². The van der Waals surface area contributed by atoms with Gasteiger partial charge in [0, 0.05) is 25.7 Å². The zero-order valence-corrected chi connectivity index (χ0v) is 12.1. The van der Waals surface area contributed by atoms with Gasteiger partial charge in [-0.1, -0.05) is 12.1 Å². The van der Waals surface area contributed by atoms with Crippen LogP contribution in [-0.4, -0.2) is 39.3 Å². The Morgan fingerprint density at radius 1 is 1.39 bits per heavy atom. The number of amides is 2. The Morgan fingerprint density at radius 2 is 2.22 bits per heavy atom. The fourth-order valence-corrected chi connectivity index (χ4v) is 2.60. The third-order valence-electron chi connectivity index (χ3n) is 3.65. The molecule has 23 heavy (non-hydrogen) atoms. The van der Waals surface area contributed by atoms with Crippen LogP contribution in [0.15, 0.2) is 35.3 Å². The zero-order chi connectivity index (χ0) is 16.4. The van der Waals surface area contributed by atoms with Crippen LogP contribution in [0.25, 0.3) is 0 Å². The average molecular weight is 318 g/mol. The van der Waals surface area contributed by atoms with Gasteiger partial charge in [-0.05, 0) is 17.7 Å². The first kappa shape index (κ1) is 15.0. The predicted octanol–water partition coefficient (Wildman–Crippen LogP) is 0.373. The zero-order valence-electron chi connectivity index (χ0n) is 12.1. The van der Waals surface area contributed by atoms with Crippen LogP contribution in [-0.2, 0) is 11.3 Å². The summed E-state index contributed by atoms with van der Waals surface area (Å²) in [5.74, 6) is -0.911. The van der Waals surface area contributed by atoms with Crippen LogP contribution in [0.3, 0.4) is 0 Å². The number of benzene rings is 1. The van der Waals surface area contributed by atoms with Gasteiger partial charge >= 0.3 is 5.69 Å². The van der Waals surface area contributed by atoms with Gasteiger partial charge in [-0.25, -0.2) is 9.18 Å². The SMILES string of the molecule is O=C(N[C@H]1CC(=O)N(Cc2cccc(F)c2)C1)c1c[nH]c(=O)[nH]1. The molecular formula is C15H15FN4O3. The first-order valence-electron chi connectivity index (χ1n) is 7.12. The second-order valence-electron chi connectivity index (χ2n) is 5.44. The molecule has 0 spiro atoms. The maximum atomic E-state index is 13.2. The summed E-state index contributed by atoms with van der Waals surface area (Å²) in [6.45, 7) is 0.639. The van der Waals surface area contributed by atoms with E-state index in [9.17, 15) is 18.8 Å². The molecule has 0 radical (unpaired) electrons. The van der Waals surface area contributed by atoms with Crippen molar-refractivity contribution in [2.45, 2.75) is 19.0 Å². The second-order valence-corrected chi connectivity index (χ2v) is 5.44. The molecule has 0 aliphatic carbocycles. The maximum absolute atomic E-state index is 13.2. The number of halogens is 1. The van der Waals surface area contributed by atoms with Gasteiger partial charge in [-0.15, -0.1) is 0 Å². The quantitative estimate of drug-likeness (QED) is 0.760. The number of hydrogen-bond acceptors (Lipinski definition) is 3. The smallest absolute Gasteiger partial charge is 0.323 e. The number of H-pyrrole nitrogens is 2. The van der Waals surface area contributed by atoms with Gasteiger partial charge in [0.15, 0.2) is 0 Å². The van der Waals surface area contributed by atoms with E-state index in [1.807, 2.05) is 0 Å². The molecule has 0 bridgehead atoms. The minimum absolute atomic E-state index is 0.109. The topological polar surface area (TPSA) is 98.1 Å². The number of nitrogens with one attached hydrogen (secondary N) is 3. The lowest BCUT2D eigenvalue weighted by molar-refractivity contribution is -0.128. The Hall–Kier alpha value is -2.90. The maximum Gasteiger partial charge on any atom is 0.323 e. The molecule has 3 rings (SSSR count). The lowest BCUT2D eigenvalue weighted by Crippen LogP contribution is -2.37. The summed E-state index contributed by atoms with van der Waals surface area (Å²) >= 11 is 0. The van der Waals surface area contributed by atoms with Crippen molar-refractivity contribution in [3.8, 4) is 0 Å². The summed E-state index contributed by atoms with van der Waals surface area (Å²) < 4.78 is 13.2. The molecule has 1 aromatic carbocycles. The van der Waals surface area contributed by atoms with Crippen molar-refractivity contribution in [2.24, 2.45) is 0 Å². The third-order valence-corrected chi connectivity index (χ3v) is 3.65. The van der Waals surface area contributed by atoms with Crippen molar-refractivity contribution in [3.05, 3.63) is 58.0 Å². The molecule has 1 fully saturated rings. The van der Waals surface area contributed by atoms with Crippen molar-refractivity contribution in [1.82, 2.24) is 20.2 Å². The Kier molecular flexibility index (Phi) is 3.96. The van der Waals surface area contributed by atoms with Gasteiger partial charge in [-0.2, -0.15) is 0 Å². The monoisotopic (exact) mass is 318 g/mol. The highest BCUT2D eigenvalue weighted by molar-refractivity contribution is 5.93. The molecule has 2 amide bonds. The number of aromatic amines is 2. The van der Waals surface area contributed by atoms with Crippen LogP contribution in [0.5, 0.6) is 0 Å². The average Bonchev–Trinajstić information content (AvgIpc) is 3.06. The summed E-state index contributed by atoms with van der Waals surface area (Å²) in [5, 5.41) is 2.70. The van der Waals surface area contributed by atoms with E-state index in [0.29, 0.717) is 18.7 Å². The molecule has 1 aliphatic rings. The van der Waals surface area contributed by atoms with E-state index in [0.717, 1.165) is 0 Å². The Balaban J connectivity index is 1.61. The number of aromatic nitrogens is 2. The van der Waals surface area contributed by atoms with Crippen LogP contribution in [0.4, 0.5) is 4.39 Å². The largest absolute Gasteiger partial charge is 0.346 e. The summed E-state index contributed by atoms with van der Waals surface area (Å²) in [7, 11) is 0. The standard InChI is InChI=1S/C15H15FN4O3/c16-10-3-1-2-9(4-10)7-20-8-11(5-13(20)21)18-14(22)12-6-17-15(23)19-12/h1-4,6,11H,5,7-8H2,(H,18,22)(H2,17,19,23)/t11-/m0/s1. The Labute approximate surface area is 130 Å². The normalized spacial score (nSPS) is 17.5. The summed E-state index contributed by atoms with van der Waals surface area (Å²) in [4.78, 5) is 41.2. The molecular weight excluding hydrogens is 303 g/mol. The number of carbonyl (C=O) groups excluding carboxylic acids is 2. The molecule has 2 heterocycles. The molecule has 1 aliphatic heterocycles. The molecule has 0 saturated carbocycles. The highest BCUT2D eigenvalue weighted by atomic mass is 19.1. The molecule has 2 aromatic rings. The van der Waals surface area contributed by atoms with E-state index in [4.69, 9.17) is 0 Å². The van der Waals surface area contributed by atoms with Crippen LogP contribution in [0.2, 0.25) is 0 Å². The van der Waals surface area contributed by atoms with E-state index in [1.54, 1.807) is 17.0 Å². The Bertz CT molecular complexity index is 798. The summed E-state index contributed by atoms with van der Waals surface area (Å²) in [5.41, 5.74) is 0.344. The van der Waals surface area contributed by atoms with Crippen LogP contribution in [0, 0.1) is 5.82 Å². The number of nitrogens with zero attached hydrogens (tertiary/aromatic N) is 1. The van der Waals surface area contributed by atoms with Gasteiger partial charge in [0.1, 0.15) is 11.5 Å². The van der Waals surface area contributed by atoms with Gasteiger partial charge in [0.2, 0.25) is 5.91 Å². The van der Waals surface area contributed by atoms with E-state index in [2.05, 4.69) is 15.3 Å². The van der Waals surface area contributed by atoms with E-state index >= 15 is 0 Å². The van der Waals surface area contributed by atoms with Gasteiger partial charge in [0.25, 0.3) is 5.91 Å². The Morgan fingerprint density at radius 3 is 2.91 bits per heavy atom. The number of rotatable bonds is 4. The predicted molar refractivity (Wildman–Crippen MR) is 79.1 cm³/mol. The van der Waals surface area contributed by atoms with Crippen molar-refractivity contribution >= 4 is 11.8 Å². The highest BCUT2D eigenvalue weighted by Gasteiger charge is 2.31. The fraction of sp³-hybridized carbons (Fsp3) is 0.267. The molecule has 120 valence electrons. The number of carbonyl (C=O) groups is 2. The van der Waals surface area contributed by atoms with Crippen molar-refractivity contribution in [3.63, 3.8) is 0 Å². The molecule has 3 N–H and O–H groups in total. The molecule has 1 saturated heterocycles. The van der Waals surface area contributed by atoms with E-state index < -0.39 is 11.6 Å². The van der Waals surface area contributed by atoms with Crippen molar-refractivity contribution in [2.75, 3.05) is 6.54 Å².